The van der Waals surface area contributed by atoms with Crippen molar-refractivity contribution in [3.05, 3.63) is 23.9 Å². The average Bonchev–Trinajstić information content (AvgIpc) is 2.71. The van der Waals surface area contributed by atoms with E-state index in [-0.39, 0.29) is 0 Å². The molecule has 0 amide bonds. The molecule has 3 nitrogen and oxygen atoms in total. The van der Waals surface area contributed by atoms with Crippen LogP contribution in [0.25, 0.3) is 0 Å². The molecule has 0 saturated carbocycles. The first-order valence-electron chi connectivity index (χ1n) is 4.57. The van der Waals surface area contributed by atoms with Gasteiger partial charge >= 0.3 is 0 Å². The van der Waals surface area contributed by atoms with Crippen LogP contribution in [0.2, 0.25) is 0 Å². The van der Waals surface area contributed by atoms with Gasteiger partial charge in [0.25, 0.3) is 0 Å². The summed E-state index contributed by atoms with van der Waals surface area (Å²) in [4.78, 5) is 8.67. The Labute approximate surface area is 77.9 Å². The Kier molecular flexibility index (Phi) is 2.25. The summed E-state index contributed by atoms with van der Waals surface area (Å²) in [6.45, 7) is 0.975. The molecule has 3 heteroatoms. The maximum absolute atomic E-state index is 4.42. The number of hydrogen-bond acceptors (Lipinski definition) is 3. The number of aliphatic imine (C=N–C) groups is 1. The third kappa shape index (κ3) is 1.69. The van der Waals surface area contributed by atoms with Crippen LogP contribution < -0.4 is 5.32 Å². The van der Waals surface area contributed by atoms with Gasteiger partial charge in [-0.05, 0) is 25.0 Å². The standard InChI is InChI=1S/C10H13N3/c1-11-10-5-4-8(7-13-10)9-3-2-6-12-9/h4-5,7H,2-3,6H2,1H3,(H,11,13). The second-order valence-electron chi connectivity index (χ2n) is 3.11. The minimum Gasteiger partial charge on any atom is -0.373 e. The predicted octanol–water partition coefficient (Wildman–Crippen LogP) is 1.71. The van der Waals surface area contributed by atoms with Crippen LogP contribution in [-0.2, 0) is 0 Å². The van der Waals surface area contributed by atoms with Gasteiger partial charge in [0.05, 0.1) is 0 Å². The van der Waals surface area contributed by atoms with Crippen molar-refractivity contribution in [2.24, 2.45) is 4.99 Å². The highest BCUT2D eigenvalue weighted by molar-refractivity contribution is 6.01. The Balaban J connectivity index is 2.22. The van der Waals surface area contributed by atoms with Gasteiger partial charge in [-0.2, -0.15) is 0 Å². The molecule has 0 radical (unpaired) electrons. The van der Waals surface area contributed by atoms with E-state index in [9.17, 15) is 0 Å². The summed E-state index contributed by atoms with van der Waals surface area (Å²) in [6.07, 6.45) is 4.17. The molecular weight excluding hydrogens is 162 g/mol. The van der Waals surface area contributed by atoms with Crippen molar-refractivity contribution in [1.82, 2.24) is 4.98 Å². The van der Waals surface area contributed by atoms with E-state index in [2.05, 4.69) is 21.4 Å². The van der Waals surface area contributed by atoms with Crippen molar-refractivity contribution in [1.29, 1.82) is 0 Å². The zero-order chi connectivity index (χ0) is 9.10. The fourth-order valence-electron chi connectivity index (χ4n) is 1.49. The average molecular weight is 175 g/mol. The van der Waals surface area contributed by atoms with Crippen molar-refractivity contribution < 1.29 is 0 Å². The molecule has 68 valence electrons. The number of aromatic nitrogens is 1. The van der Waals surface area contributed by atoms with Crippen molar-refractivity contribution in [2.75, 3.05) is 18.9 Å². The van der Waals surface area contributed by atoms with Gasteiger partial charge in [0.2, 0.25) is 0 Å². The third-order valence-electron chi connectivity index (χ3n) is 2.23. The molecule has 0 atom stereocenters. The molecule has 2 heterocycles. The monoisotopic (exact) mass is 175 g/mol. The second-order valence-corrected chi connectivity index (χ2v) is 3.11. The summed E-state index contributed by atoms with van der Waals surface area (Å²) in [5.41, 5.74) is 2.37. The molecule has 0 unspecified atom stereocenters. The number of nitrogens with one attached hydrogen (secondary N) is 1. The van der Waals surface area contributed by atoms with Crippen molar-refractivity contribution in [3.63, 3.8) is 0 Å². The Morgan fingerprint density at radius 3 is 2.85 bits per heavy atom. The molecule has 0 aliphatic carbocycles. The Morgan fingerprint density at radius 1 is 1.38 bits per heavy atom. The van der Waals surface area contributed by atoms with Crippen LogP contribution in [-0.4, -0.2) is 24.3 Å². The van der Waals surface area contributed by atoms with Gasteiger partial charge in [0, 0.05) is 31.1 Å². The van der Waals surface area contributed by atoms with E-state index < -0.39 is 0 Å². The molecule has 1 N–H and O–H groups in total. The minimum atomic E-state index is 0.905. The lowest BCUT2D eigenvalue weighted by atomic mass is 10.1. The minimum absolute atomic E-state index is 0.905. The third-order valence-corrected chi connectivity index (χ3v) is 2.23. The van der Waals surface area contributed by atoms with Crippen LogP contribution >= 0.6 is 0 Å². The summed E-state index contributed by atoms with van der Waals surface area (Å²) >= 11 is 0. The molecule has 1 aliphatic rings. The summed E-state index contributed by atoms with van der Waals surface area (Å²) in [5.74, 6) is 0.905. The molecule has 0 fully saturated rings. The first-order chi connectivity index (χ1) is 6.40. The Bertz CT molecular complexity index is 313. The Hall–Kier alpha value is -1.38. The van der Waals surface area contributed by atoms with Crippen LogP contribution in [0.4, 0.5) is 5.82 Å². The highest BCUT2D eigenvalue weighted by Crippen LogP contribution is 2.13. The molecule has 0 saturated heterocycles. The summed E-state index contributed by atoms with van der Waals surface area (Å²) in [7, 11) is 1.87. The molecule has 0 spiro atoms. The van der Waals surface area contributed by atoms with Crippen LogP contribution in [0.5, 0.6) is 0 Å². The quantitative estimate of drug-likeness (QED) is 0.743. The fourth-order valence-corrected chi connectivity index (χ4v) is 1.49. The lowest BCUT2D eigenvalue weighted by molar-refractivity contribution is 0.951. The Morgan fingerprint density at radius 2 is 2.31 bits per heavy atom. The first-order valence-corrected chi connectivity index (χ1v) is 4.57. The SMILES string of the molecule is CNc1ccc(C2=NCCC2)cn1. The highest BCUT2D eigenvalue weighted by Gasteiger charge is 2.08. The van der Waals surface area contributed by atoms with E-state index in [1.165, 1.54) is 12.1 Å². The summed E-state index contributed by atoms with van der Waals surface area (Å²) < 4.78 is 0. The molecular formula is C10H13N3. The molecule has 2 rings (SSSR count). The number of nitrogens with zero attached hydrogens (tertiary/aromatic N) is 2. The van der Waals surface area contributed by atoms with Gasteiger partial charge in [-0.15, -0.1) is 0 Å². The van der Waals surface area contributed by atoms with Gasteiger partial charge < -0.3 is 5.32 Å². The van der Waals surface area contributed by atoms with Crippen molar-refractivity contribution in [2.45, 2.75) is 12.8 Å². The molecule has 1 aromatic heterocycles. The van der Waals surface area contributed by atoms with Gasteiger partial charge in [0.1, 0.15) is 5.82 Å². The highest BCUT2D eigenvalue weighted by atomic mass is 14.9. The maximum atomic E-state index is 4.42. The molecule has 0 bridgehead atoms. The molecule has 13 heavy (non-hydrogen) atoms. The van der Waals surface area contributed by atoms with E-state index in [0.29, 0.717) is 0 Å². The van der Waals surface area contributed by atoms with E-state index in [0.717, 1.165) is 24.3 Å². The topological polar surface area (TPSA) is 37.3 Å². The lowest BCUT2D eigenvalue weighted by Gasteiger charge is -2.01. The van der Waals surface area contributed by atoms with Crippen LogP contribution in [0.1, 0.15) is 18.4 Å². The number of hydrogen-bond donors (Lipinski definition) is 1. The van der Waals surface area contributed by atoms with Crippen LogP contribution in [0.15, 0.2) is 23.3 Å². The van der Waals surface area contributed by atoms with E-state index >= 15 is 0 Å². The van der Waals surface area contributed by atoms with E-state index in [1.54, 1.807) is 0 Å². The van der Waals surface area contributed by atoms with Gasteiger partial charge in [-0.25, -0.2) is 4.98 Å². The normalized spacial score (nSPS) is 15.6. The second kappa shape index (κ2) is 3.56. The lowest BCUT2D eigenvalue weighted by Crippen LogP contribution is -1.98. The molecule has 1 aliphatic heterocycles. The number of anilines is 1. The number of rotatable bonds is 2. The maximum Gasteiger partial charge on any atom is 0.125 e. The summed E-state index contributed by atoms with van der Waals surface area (Å²) in [6, 6.07) is 4.05. The largest absolute Gasteiger partial charge is 0.373 e. The van der Waals surface area contributed by atoms with Gasteiger partial charge in [-0.3, -0.25) is 4.99 Å². The molecule has 0 aromatic carbocycles. The smallest absolute Gasteiger partial charge is 0.125 e. The van der Waals surface area contributed by atoms with Crippen LogP contribution in [0, 0.1) is 0 Å². The molecule has 1 aromatic rings. The van der Waals surface area contributed by atoms with Crippen molar-refractivity contribution in [3.8, 4) is 0 Å². The zero-order valence-corrected chi connectivity index (χ0v) is 7.75. The van der Waals surface area contributed by atoms with Gasteiger partial charge in [-0.1, -0.05) is 0 Å². The van der Waals surface area contributed by atoms with E-state index in [4.69, 9.17) is 0 Å². The summed E-state index contributed by atoms with van der Waals surface area (Å²) in [5, 5.41) is 2.99. The zero-order valence-electron chi connectivity index (χ0n) is 7.75. The van der Waals surface area contributed by atoms with Crippen LogP contribution in [0.3, 0.4) is 0 Å². The predicted molar refractivity (Wildman–Crippen MR) is 54.4 cm³/mol. The fraction of sp³-hybridized carbons (Fsp3) is 0.400. The van der Waals surface area contributed by atoms with Gasteiger partial charge in [0.15, 0.2) is 0 Å². The number of pyridine rings is 1. The van der Waals surface area contributed by atoms with E-state index in [1.807, 2.05) is 19.3 Å². The van der Waals surface area contributed by atoms with Crippen molar-refractivity contribution >= 4 is 11.5 Å². The first kappa shape index (κ1) is 8.23.